The van der Waals surface area contributed by atoms with Crippen LogP contribution in [0.1, 0.15) is 18.5 Å². The summed E-state index contributed by atoms with van der Waals surface area (Å²) < 4.78 is 14.2. The summed E-state index contributed by atoms with van der Waals surface area (Å²) in [6.45, 7) is -0.181. The third-order valence-electron chi connectivity index (χ3n) is 6.55. The van der Waals surface area contributed by atoms with Gasteiger partial charge in [-0.25, -0.2) is 9.97 Å². The van der Waals surface area contributed by atoms with Crippen LogP contribution in [0.3, 0.4) is 0 Å². The Bertz CT molecular complexity index is 1590. The van der Waals surface area contributed by atoms with Gasteiger partial charge in [-0.1, -0.05) is 18.1 Å². The van der Waals surface area contributed by atoms with Gasteiger partial charge in [0.15, 0.2) is 0 Å². The number of aryl methyl sites for hydroxylation is 1. The molecule has 1 fully saturated rings. The number of rotatable bonds is 5. The normalized spacial score (nSPS) is 16.8. The van der Waals surface area contributed by atoms with Crippen molar-refractivity contribution in [3.05, 3.63) is 79.0 Å². The molecule has 1 aromatic carbocycles. The van der Waals surface area contributed by atoms with E-state index >= 15 is 0 Å². The van der Waals surface area contributed by atoms with E-state index in [9.17, 15) is 0 Å². The molecule has 4 heterocycles. The minimum atomic E-state index is -0.181. The Balaban J connectivity index is 1.07. The molecule has 36 heavy (non-hydrogen) atoms. The molecular weight excluding hydrogens is 452 g/mol. The fraction of sp³-hybridized carbons (Fsp3) is 0.207. The van der Waals surface area contributed by atoms with Crippen LogP contribution in [-0.2, 0) is 7.05 Å². The molecular formula is C29H24N4O3. The molecule has 0 unspecified atom stereocenters. The number of aliphatic hydroxyl groups excluding tert-OH is 1. The molecule has 4 aromatic heterocycles. The average molecular weight is 477 g/mol. The molecule has 0 saturated heterocycles. The first kappa shape index (κ1) is 22.1. The van der Waals surface area contributed by atoms with Crippen LogP contribution in [0, 0.1) is 11.8 Å². The molecule has 7 nitrogen and oxygen atoms in total. The van der Waals surface area contributed by atoms with Gasteiger partial charge in [-0.2, -0.15) is 0 Å². The summed E-state index contributed by atoms with van der Waals surface area (Å²) in [5.74, 6) is 6.67. The van der Waals surface area contributed by atoms with Crippen LogP contribution in [-0.4, -0.2) is 43.4 Å². The van der Waals surface area contributed by atoms with Crippen molar-refractivity contribution in [2.24, 2.45) is 7.05 Å². The standard InChI is InChI=1S/C29H24N4O3/c1-33-27-10-11-30-18-26(27)25-8-4-19(13-28(25)33)20-5-9-29(32-16-20)36-24-14-23(15-24)35-22-7-6-21(31-17-22)3-2-12-34/h4-11,13,16-18,23-24,34H,12,14-15H2,1H3/t23-,24-. The number of benzene rings is 1. The predicted molar refractivity (Wildman–Crippen MR) is 138 cm³/mol. The Kier molecular flexibility index (Phi) is 5.72. The van der Waals surface area contributed by atoms with E-state index in [1.165, 1.54) is 16.4 Å². The Morgan fingerprint density at radius 2 is 1.75 bits per heavy atom. The maximum Gasteiger partial charge on any atom is 0.213 e. The molecule has 0 amide bonds. The largest absolute Gasteiger partial charge is 0.489 e. The summed E-state index contributed by atoms with van der Waals surface area (Å²) >= 11 is 0. The monoisotopic (exact) mass is 476 g/mol. The van der Waals surface area contributed by atoms with Crippen molar-refractivity contribution in [3.8, 4) is 34.6 Å². The molecule has 1 aliphatic rings. The van der Waals surface area contributed by atoms with Gasteiger partial charge in [-0.3, -0.25) is 4.98 Å². The molecule has 1 N–H and O–H groups in total. The Morgan fingerprint density at radius 3 is 2.53 bits per heavy atom. The topological polar surface area (TPSA) is 82.3 Å². The van der Waals surface area contributed by atoms with Gasteiger partial charge in [-0.05, 0) is 41.8 Å². The minimum absolute atomic E-state index is 0.0803. The second-order valence-corrected chi connectivity index (χ2v) is 8.86. The van der Waals surface area contributed by atoms with E-state index in [0.717, 1.165) is 29.4 Å². The summed E-state index contributed by atoms with van der Waals surface area (Å²) in [6, 6.07) is 16.1. The molecule has 6 rings (SSSR count). The zero-order valence-corrected chi connectivity index (χ0v) is 19.8. The molecule has 0 spiro atoms. The number of nitrogens with zero attached hydrogens (tertiary/aromatic N) is 4. The summed E-state index contributed by atoms with van der Waals surface area (Å²) in [6.07, 6.45) is 9.02. The van der Waals surface area contributed by atoms with Crippen molar-refractivity contribution >= 4 is 21.8 Å². The van der Waals surface area contributed by atoms with Crippen molar-refractivity contribution in [3.63, 3.8) is 0 Å². The molecule has 0 aliphatic heterocycles. The van der Waals surface area contributed by atoms with Crippen molar-refractivity contribution in [2.45, 2.75) is 25.0 Å². The van der Waals surface area contributed by atoms with Crippen molar-refractivity contribution in [1.82, 2.24) is 19.5 Å². The fourth-order valence-electron chi connectivity index (χ4n) is 4.58. The maximum absolute atomic E-state index is 8.76. The van der Waals surface area contributed by atoms with Crippen LogP contribution in [0.15, 0.2) is 73.3 Å². The molecule has 178 valence electrons. The highest BCUT2D eigenvalue weighted by Crippen LogP contribution is 2.32. The highest BCUT2D eigenvalue weighted by atomic mass is 16.5. The number of hydrogen-bond acceptors (Lipinski definition) is 6. The van der Waals surface area contributed by atoms with Crippen LogP contribution in [0.4, 0.5) is 0 Å². The van der Waals surface area contributed by atoms with Crippen molar-refractivity contribution < 1.29 is 14.6 Å². The van der Waals surface area contributed by atoms with Gasteiger partial charge < -0.3 is 19.1 Å². The van der Waals surface area contributed by atoms with Gasteiger partial charge >= 0.3 is 0 Å². The number of hydrogen-bond donors (Lipinski definition) is 1. The summed E-state index contributed by atoms with van der Waals surface area (Å²) in [4.78, 5) is 13.0. The number of aliphatic hydroxyl groups is 1. The van der Waals surface area contributed by atoms with Crippen LogP contribution in [0.2, 0.25) is 0 Å². The molecule has 0 bridgehead atoms. The lowest BCUT2D eigenvalue weighted by molar-refractivity contribution is 0.00209. The second-order valence-electron chi connectivity index (χ2n) is 8.86. The molecule has 1 saturated carbocycles. The minimum Gasteiger partial charge on any atom is -0.489 e. The van der Waals surface area contributed by atoms with E-state index in [1.54, 1.807) is 12.3 Å². The van der Waals surface area contributed by atoms with Crippen LogP contribution in [0.25, 0.3) is 32.9 Å². The molecule has 0 atom stereocenters. The van der Waals surface area contributed by atoms with Gasteiger partial charge in [0.1, 0.15) is 30.3 Å². The van der Waals surface area contributed by atoms with E-state index in [4.69, 9.17) is 14.6 Å². The first-order chi connectivity index (χ1) is 17.7. The summed E-state index contributed by atoms with van der Waals surface area (Å²) in [5, 5.41) is 11.1. The lowest BCUT2D eigenvalue weighted by Crippen LogP contribution is -2.41. The SMILES string of the molecule is Cn1c2ccncc2c2ccc(-c3ccc(O[C@H]4C[C@H](Oc5ccc(C#CCO)nc5)C4)nc3)cc21. The lowest BCUT2D eigenvalue weighted by atomic mass is 9.92. The molecule has 5 aromatic rings. The highest BCUT2D eigenvalue weighted by Gasteiger charge is 2.33. The van der Waals surface area contributed by atoms with Gasteiger partial charge in [0.25, 0.3) is 0 Å². The lowest BCUT2D eigenvalue weighted by Gasteiger charge is -2.34. The van der Waals surface area contributed by atoms with E-state index in [0.29, 0.717) is 17.3 Å². The Hall–Kier alpha value is -4.41. The van der Waals surface area contributed by atoms with E-state index in [-0.39, 0.29) is 18.8 Å². The van der Waals surface area contributed by atoms with E-state index < -0.39 is 0 Å². The van der Waals surface area contributed by atoms with Crippen molar-refractivity contribution in [2.75, 3.05) is 6.61 Å². The zero-order chi connectivity index (χ0) is 24.5. The maximum atomic E-state index is 8.76. The van der Waals surface area contributed by atoms with Crippen LogP contribution in [0.5, 0.6) is 11.6 Å². The Morgan fingerprint density at radius 1 is 0.889 bits per heavy atom. The third kappa shape index (κ3) is 4.23. The Labute approximate surface area is 208 Å². The van der Waals surface area contributed by atoms with Crippen LogP contribution < -0.4 is 9.47 Å². The predicted octanol–water partition coefficient (Wildman–Crippen LogP) is 4.52. The quantitative estimate of drug-likeness (QED) is 0.376. The number of aromatic nitrogens is 4. The molecule has 0 radical (unpaired) electrons. The van der Waals surface area contributed by atoms with Crippen LogP contribution >= 0.6 is 0 Å². The van der Waals surface area contributed by atoms with Gasteiger partial charge in [0.05, 0.1) is 11.7 Å². The zero-order valence-electron chi connectivity index (χ0n) is 19.8. The van der Waals surface area contributed by atoms with Gasteiger partial charge in [0, 0.05) is 66.4 Å². The molecule has 1 aliphatic carbocycles. The van der Waals surface area contributed by atoms with Gasteiger partial charge in [-0.15, -0.1) is 0 Å². The first-order valence-corrected chi connectivity index (χ1v) is 11.9. The number of fused-ring (bicyclic) bond motifs is 3. The number of pyridine rings is 3. The summed E-state index contributed by atoms with van der Waals surface area (Å²) in [7, 11) is 2.08. The van der Waals surface area contributed by atoms with E-state index in [2.05, 4.69) is 56.6 Å². The van der Waals surface area contributed by atoms with E-state index in [1.807, 2.05) is 42.9 Å². The van der Waals surface area contributed by atoms with Gasteiger partial charge in [0.2, 0.25) is 5.88 Å². The number of ether oxygens (including phenoxy) is 2. The third-order valence-corrected chi connectivity index (χ3v) is 6.55. The molecule has 7 heteroatoms. The fourth-order valence-corrected chi connectivity index (χ4v) is 4.58. The highest BCUT2D eigenvalue weighted by molar-refractivity contribution is 6.08. The van der Waals surface area contributed by atoms with Crippen molar-refractivity contribution in [1.29, 1.82) is 0 Å². The average Bonchev–Trinajstić information content (AvgIpc) is 3.19. The first-order valence-electron chi connectivity index (χ1n) is 11.9. The second kappa shape index (κ2) is 9.33. The smallest absolute Gasteiger partial charge is 0.213 e. The summed E-state index contributed by atoms with van der Waals surface area (Å²) in [5.41, 5.74) is 5.10.